The number of hydrogen-bond acceptors (Lipinski definition) is 3. The Morgan fingerprint density at radius 3 is 2.41 bits per heavy atom. The molecule has 0 spiro atoms. The Labute approximate surface area is 98.3 Å². The molecule has 3 nitrogen and oxygen atoms in total. The van der Waals surface area contributed by atoms with Gasteiger partial charge in [-0.3, -0.25) is 0 Å². The summed E-state index contributed by atoms with van der Waals surface area (Å²) in [5, 5.41) is 11.4. The van der Waals surface area contributed by atoms with Crippen molar-refractivity contribution in [1.82, 2.24) is 4.98 Å². The van der Waals surface area contributed by atoms with Crippen LogP contribution >= 0.6 is 0 Å². The summed E-state index contributed by atoms with van der Waals surface area (Å²) >= 11 is 0. The number of phenolic OH excluding ortho intramolecular Hbond substituents is 1. The molecule has 3 rings (SSSR count). The molecule has 0 radical (unpaired) electrons. The third-order valence-electron chi connectivity index (χ3n) is 2.80. The molecule has 3 heteroatoms. The van der Waals surface area contributed by atoms with Gasteiger partial charge in [0.25, 0.3) is 0 Å². The molecule has 0 unspecified atom stereocenters. The molecule has 84 valence electrons. The molecule has 0 aliphatic heterocycles. The first-order valence-corrected chi connectivity index (χ1v) is 5.34. The predicted molar refractivity (Wildman–Crippen MR) is 67.5 cm³/mol. The maximum Gasteiger partial charge on any atom is 0.119 e. The summed E-state index contributed by atoms with van der Waals surface area (Å²) in [4.78, 5) is 4.53. The third kappa shape index (κ3) is 1.65. The van der Waals surface area contributed by atoms with E-state index < -0.39 is 0 Å². The minimum Gasteiger partial charge on any atom is -0.508 e. The van der Waals surface area contributed by atoms with Gasteiger partial charge in [-0.15, -0.1) is 0 Å². The number of methoxy groups -OCH3 is 1. The van der Waals surface area contributed by atoms with Crippen LogP contribution in [0.5, 0.6) is 11.5 Å². The quantitative estimate of drug-likeness (QED) is 0.647. The van der Waals surface area contributed by atoms with E-state index in [1.165, 1.54) is 0 Å². The van der Waals surface area contributed by atoms with Gasteiger partial charge in [0, 0.05) is 10.8 Å². The molecule has 0 amide bonds. The first kappa shape index (κ1) is 9.90. The van der Waals surface area contributed by atoms with Crippen molar-refractivity contribution in [1.29, 1.82) is 0 Å². The number of ether oxygens (including phenoxy) is 1. The van der Waals surface area contributed by atoms with E-state index in [9.17, 15) is 5.11 Å². The highest BCUT2D eigenvalue weighted by atomic mass is 16.5. The number of rotatable bonds is 1. The van der Waals surface area contributed by atoms with Crippen molar-refractivity contribution in [3.05, 3.63) is 42.5 Å². The number of phenols is 1. The number of hydrogen-bond donors (Lipinski definition) is 1. The van der Waals surface area contributed by atoms with Crippen LogP contribution in [0.3, 0.4) is 0 Å². The summed E-state index contributed by atoms with van der Waals surface area (Å²) in [6.07, 6.45) is 0. The van der Waals surface area contributed by atoms with E-state index >= 15 is 0 Å². The van der Waals surface area contributed by atoms with Crippen LogP contribution < -0.4 is 4.74 Å². The van der Waals surface area contributed by atoms with E-state index in [1.807, 2.05) is 30.3 Å². The molecule has 0 saturated carbocycles. The molecule has 1 heterocycles. The van der Waals surface area contributed by atoms with Crippen LogP contribution in [-0.2, 0) is 0 Å². The van der Waals surface area contributed by atoms with Crippen molar-refractivity contribution in [3.8, 4) is 11.5 Å². The van der Waals surface area contributed by atoms with Gasteiger partial charge in [-0.25, -0.2) is 4.98 Å². The zero-order valence-electron chi connectivity index (χ0n) is 9.34. The third-order valence-corrected chi connectivity index (χ3v) is 2.80. The molecule has 1 aromatic heterocycles. The van der Waals surface area contributed by atoms with Crippen LogP contribution in [0.15, 0.2) is 42.5 Å². The lowest BCUT2D eigenvalue weighted by molar-refractivity contribution is 0.415. The molecule has 0 fully saturated rings. The summed E-state index contributed by atoms with van der Waals surface area (Å²) in [5.74, 6) is 1.06. The molecule has 0 bridgehead atoms. The molecular formula is C14H11NO2. The minimum atomic E-state index is 0.251. The number of pyridine rings is 1. The van der Waals surface area contributed by atoms with E-state index in [0.717, 1.165) is 27.6 Å². The number of benzene rings is 2. The first-order valence-electron chi connectivity index (χ1n) is 5.34. The lowest BCUT2D eigenvalue weighted by Crippen LogP contribution is -1.85. The summed E-state index contributed by atoms with van der Waals surface area (Å²) in [7, 11) is 1.64. The van der Waals surface area contributed by atoms with Gasteiger partial charge in [0.15, 0.2) is 0 Å². The topological polar surface area (TPSA) is 42.4 Å². The van der Waals surface area contributed by atoms with Crippen molar-refractivity contribution < 1.29 is 9.84 Å². The maximum atomic E-state index is 9.45. The van der Waals surface area contributed by atoms with Crippen LogP contribution in [0.4, 0.5) is 0 Å². The first-order chi connectivity index (χ1) is 8.26. The number of fused-ring (bicyclic) bond motifs is 2. The van der Waals surface area contributed by atoms with Gasteiger partial charge in [-0.05, 0) is 42.5 Å². The van der Waals surface area contributed by atoms with Crippen LogP contribution in [0.25, 0.3) is 21.8 Å². The Bertz CT molecular complexity index is 707. The maximum absolute atomic E-state index is 9.45. The van der Waals surface area contributed by atoms with Gasteiger partial charge in [0.1, 0.15) is 11.5 Å². The molecule has 2 aromatic carbocycles. The van der Waals surface area contributed by atoms with E-state index in [1.54, 1.807) is 19.2 Å². The van der Waals surface area contributed by atoms with Crippen LogP contribution in [0.2, 0.25) is 0 Å². The Kier molecular flexibility index (Phi) is 2.11. The number of aromatic nitrogens is 1. The van der Waals surface area contributed by atoms with E-state index in [2.05, 4.69) is 4.98 Å². The minimum absolute atomic E-state index is 0.251. The van der Waals surface area contributed by atoms with Crippen molar-refractivity contribution in [2.75, 3.05) is 7.11 Å². The summed E-state index contributed by atoms with van der Waals surface area (Å²) in [5.41, 5.74) is 1.80. The average molecular weight is 225 g/mol. The second-order valence-electron chi connectivity index (χ2n) is 3.92. The fourth-order valence-electron chi connectivity index (χ4n) is 1.93. The molecule has 0 saturated heterocycles. The van der Waals surface area contributed by atoms with Gasteiger partial charge >= 0.3 is 0 Å². The molecule has 0 atom stereocenters. The smallest absolute Gasteiger partial charge is 0.119 e. The lowest BCUT2D eigenvalue weighted by Gasteiger charge is -2.04. The summed E-state index contributed by atoms with van der Waals surface area (Å²) in [6.45, 7) is 0. The molecule has 3 aromatic rings. The monoisotopic (exact) mass is 225 g/mol. The standard InChI is InChI=1S/C14H11NO2/c1-17-12-3-5-14-10(8-12)6-9-7-11(16)2-4-13(9)15-14/h2-8,16H,1H3. The molecule has 1 N–H and O–H groups in total. The van der Waals surface area contributed by atoms with Crippen molar-refractivity contribution in [2.24, 2.45) is 0 Å². The van der Waals surface area contributed by atoms with Crippen molar-refractivity contribution in [2.45, 2.75) is 0 Å². The fourth-order valence-corrected chi connectivity index (χ4v) is 1.93. The number of nitrogens with zero attached hydrogens (tertiary/aromatic N) is 1. The Morgan fingerprint density at radius 2 is 1.65 bits per heavy atom. The molecule has 0 aliphatic carbocycles. The second kappa shape index (κ2) is 3.63. The Hall–Kier alpha value is -2.29. The Morgan fingerprint density at radius 1 is 0.941 bits per heavy atom. The highest BCUT2D eigenvalue weighted by molar-refractivity contribution is 5.93. The zero-order valence-corrected chi connectivity index (χ0v) is 9.34. The predicted octanol–water partition coefficient (Wildman–Crippen LogP) is 3.10. The normalized spacial score (nSPS) is 10.9. The van der Waals surface area contributed by atoms with Gasteiger partial charge in [-0.1, -0.05) is 0 Å². The highest BCUT2D eigenvalue weighted by Gasteiger charge is 2.02. The largest absolute Gasteiger partial charge is 0.508 e. The van der Waals surface area contributed by atoms with Crippen LogP contribution in [-0.4, -0.2) is 17.2 Å². The second-order valence-corrected chi connectivity index (χ2v) is 3.92. The van der Waals surface area contributed by atoms with Crippen LogP contribution in [0, 0.1) is 0 Å². The number of aromatic hydroxyl groups is 1. The molecule has 0 aliphatic rings. The lowest BCUT2D eigenvalue weighted by atomic mass is 10.1. The van der Waals surface area contributed by atoms with Crippen molar-refractivity contribution in [3.63, 3.8) is 0 Å². The van der Waals surface area contributed by atoms with Crippen LogP contribution in [0.1, 0.15) is 0 Å². The summed E-state index contributed by atoms with van der Waals surface area (Å²) < 4.78 is 5.18. The van der Waals surface area contributed by atoms with Gasteiger partial charge in [0.05, 0.1) is 18.1 Å². The summed E-state index contributed by atoms with van der Waals surface area (Å²) in [6, 6.07) is 12.9. The van der Waals surface area contributed by atoms with Gasteiger partial charge in [0.2, 0.25) is 0 Å². The zero-order chi connectivity index (χ0) is 11.8. The SMILES string of the molecule is COc1ccc2nc3ccc(O)cc3cc2c1. The van der Waals surface area contributed by atoms with Gasteiger partial charge < -0.3 is 9.84 Å². The highest BCUT2D eigenvalue weighted by Crippen LogP contribution is 2.25. The molecule has 17 heavy (non-hydrogen) atoms. The fraction of sp³-hybridized carbons (Fsp3) is 0.0714. The molecular weight excluding hydrogens is 214 g/mol. The van der Waals surface area contributed by atoms with E-state index in [-0.39, 0.29) is 5.75 Å². The Balaban J connectivity index is 2.36. The van der Waals surface area contributed by atoms with E-state index in [4.69, 9.17) is 4.74 Å². The van der Waals surface area contributed by atoms with E-state index in [0.29, 0.717) is 0 Å². The average Bonchev–Trinajstić information content (AvgIpc) is 2.35. The van der Waals surface area contributed by atoms with Crippen molar-refractivity contribution >= 4 is 21.8 Å². The van der Waals surface area contributed by atoms with Gasteiger partial charge in [-0.2, -0.15) is 0 Å².